The lowest BCUT2D eigenvalue weighted by Crippen LogP contribution is -2.54. The minimum absolute atomic E-state index is 0.0324. The van der Waals surface area contributed by atoms with Crippen molar-refractivity contribution in [3.05, 3.63) is 0 Å². The van der Waals surface area contributed by atoms with E-state index in [1.165, 1.54) is 6.42 Å². The van der Waals surface area contributed by atoms with Crippen LogP contribution >= 0.6 is 0 Å². The van der Waals surface area contributed by atoms with Crippen molar-refractivity contribution in [2.24, 2.45) is 23.2 Å². The first kappa shape index (κ1) is 9.37. The van der Waals surface area contributed by atoms with E-state index in [1.807, 2.05) is 0 Å². The molecule has 0 radical (unpaired) electrons. The van der Waals surface area contributed by atoms with E-state index in [9.17, 15) is 14.7 Å². The van der Waals surface area contributed by atoms with Crippen LogP contribution in [-0.2, 0) is 9.59 Å². The second-order valence-corrected chi connectivity index (χ2v) is 5.74. The Bertz CT molecular complexity index is 320. The molecule has 3 nitrogen and oxygen atoms in total. The standard InChI is InChI=1S/C12H16O3/c13-10(14)6-12-4-7-1-8(5-12)3-9(2-7)11(12)15/h7-9H,1-6H2,(H,13,14)/p-1/t7-,8-,9?,12?/m1/s1. The van der Waals surface area contributed by atoms with Crippen molar-refractivity contribution in [2.75, 3.05) is 0 Å². The smallest absolute Gasteiger partial charge is 0.142 e. The maximum atomic E-state index is 12.1. The zero-order chi connectivity index (χ0) is 10.6. The first-order chi connectivity index (χ1) is 7.09. The SMILES string of the molecule is O=C([O-])CC12C[C@H]3CC(C[C@@H](C3)C1)C2=O. The molecule has 4 aliphatic carbocycles. The van der Waals surface area contributed by atoms with E-state index >= 15 is 0 Å². The topological polar surface area (TPSA) is 57.2 Å². The van der Waals surface area contributed by atoms with Crippen LogP contribution in [0.1, 0.15) is 38.5 Å². The van der Waals surface area contributed by atoms with Gasteiger partial charge in [0.25, 0.3) is 0 Å². The van der Waals surface area contributed by atoms with Gasteiger partial charge < -0.3 is 9.90 Å². The fraction of sp³-hybridized carbons (Fsp3) is 0.833. The molecule has 0 saturated heterocycles. The normalized spacial score (nSPS) is 47.2. The molecular formula is C12H15O3-. The average molecular weight is 207 g/mol. The maximum absolute atomic E-state index is 12.1. The molecule has 0 N–H and O–H groups in total. The van der Waals surface area contributed by atoms with Crippen molar-refractivity contribution in [1.82, 2.24) is 0 Å². The largest absolute Gasteiger partial charge is 0.550 e. The monoisotopic (exact) mass is 207 g/mol. The third kappa shape index (κ3) is 1.25. The van der Waals surface area contributed by atoms with E-state index < -0.39 is 11.4 Å². The highest BCUT2D eigenvalue weighted by Gasteiger charge is 2.56. The molecule has 0 aliphatic heterocycles. The summed E-state index contributed by atoms with van der Waals surface area (Å²) in [6.07, 6.45) is 4.85. The fourth-order valence-electron chi connectivity index (χ4n) is 4.44. The second-order valence-electron chi connectivity index (χ2n) is 5.74. The lowest BCUT2D eigenvalue weighted by molar-refractivity contribution is -0.309. The number of hydrogen-bond donors (Lipinski definition) is 0. The maximum Gasteiger partial charge on any atom is 0.142 e. The molecule has 4 bridgehead atoms. The van der Waals surface area contributed by atoms with E-state index in [1.54, 1.807) is 0 Å². The summed E-state index contributed by atoms with van der Waals surface area (Å²) in [6.45, 7) is 0. The summed E-state index contributed by atoms with van der Waals surface area (Å²) in [5.74, 6) is 0.582. The third-order valence-electron chi connectivity index (χ3n) is 4.64. The number of carboxylic acids is 1. The van der Waals surface area contributed by atoms with Crippen LogP contribution in [0.3, 0.4) is 0 Å². The van der Waals surface area contributed by atoms with Crippen molar-refractivity contribution in [3.63, 3.8) is 0 Å². The lowest BCUT2D eigenvalue weighted by Gasteiger charge is -2.55. The van der Waals surface area contributed by atoms with E-state index in [0.29, 0.717) is 11.8 Å². The zero-order valence-electron chi connectivity index (χ0n) is 8.70. The molecule has 82 valence electrons. The quantitative estimate of drug-likeness (QED) is 0.663. The minimum Gasteiger partial charge on any atom is -0.550 e. The van der Waals surface area contributed by atoms with Crippen LogP contribution in [0.2, 0.25) is 0 Å². The molecule has 4 saturated carbocycles. The van der Waals surface area contributed by atoms with Gasteiger partial charge in [-0.15, -0.1) is 0 Å². The number of hydrogen-bond acceptors (Lipinski definition) is 3. The number of Topliss-reactive ketones (excluding diaryl/α,β-unsaturated/α-hetero) is 1. The Morgan fingerprint density at radius 3 is 2.40 bits per heavy atom. The predicted molar refractivity (Wildman–Crippen MR) is 50.6 cm³/mol. The van der Waals surface area contributed by atoms with Gasteiger partial charge in [-0.25, -0.2) is 0 Å². The Morgan fingerprint density at radius 2 is 1.87 bits per heavy atom. The van der Waals surface area contributed by atoms with E-state index in [4.69, 9.17) is 0 Å². The Kier molecular flexibility index (Phi) is 1.77. The van der Waals surface area contributed by atoms with Gasteiger partial charge >= 0.3 is 0 Å². The number of ketones is 1. The van der Waals surface area contributed by atoms with Gasteiger partial charge in [0.2, 0.25) is 0 Å². The molecule has 0 aromatic rings. The molecule has 0 aromatic carbocycles. The third-order valence-corrected chi connectivity index (χ3v) is 4.64. The van der Waals surface area contributed by atoms with Gasteiger partial charge in [0.1, 0.15) is 5.78 Å². The van der Waals surface area contributed by atoms with Gasteiger partial charge in [-0.1, -0.05) is 0 Å². The zero-order valence-corrected chi connectivity index (χ0v) is 8.70. The molecule has 4 fully saturated rings. The van der Waals surface area contributed by atoms with Crippen LogP contribution in [0.25, 0.3) is 0 Å². The molecule has 3 heteroatoms. The van der Waals surface area contributed by atoms with Gasteiger partial charge in [0.15, 0.2) is 0 Å². The van der Waals surface area contributed by atoms with Crippen molar-refractivity contribution < 1.29 is 14.7 Å². The van der Waals surface area contributed by atoms with Gasteiger partial charge in [0, 0.05) is 17.3 Å². The Hall–Kier alpha value is -0.860. The second kappa shape index (κ2) is 2.83. The first-order valence-corrected chi connectivity index (χ1v) is 5.83. The summed E-state index contributed by atoms with van der Waals surface area (Å²) in [5.41, 5.74) is -0.520. The molecule has 0 aromatic heterocycles. The number of carbonyl (C=O) groups excluding carboxylic acids is 2. The van der Waals surface area contributed by atoms with Gasteiger partial charge in [0.05, 0.1) is 0 Å². The van der Waals surface area contributed by atoms with Crippen LogP contribution in [0, 0.1) is 23.2 Å². The summed E-state index contributed by atoms with van der Waals surface area (Å²) < 4.78 is 0. The fourth-order valence-corrected chi connectivity index (χ4v) is 4.44. The number of aliphatic carboxylic acids is 1. The molecule has 0 amide bonds. The molecule has 2 atom stereocenters. The number of rotatable bonds is 2. The summed E-state index contributed by atoms with van der Waals surface area (Å²) in [6, 6.07) is 0. The van der Waals surface area contributed by atoms with Crippen molar-refractivity contribution >= 4 is 11.8 Å². The molecule has 0 unspecified atom stereocenters. The summed E-state index contributed by atoms with van der Waals surface area (Å²) in [7, 11) is 0. The van der Waals surface area contributed by atoms with Gasteiger partial charge in [-0.05, 0) is 50.4 Å². The molecular weight excluding hydrogens is 192 g/mol. The minimum atomic E-state index is -1.05. The van der Waals surface area contributed by atoms with Gasteiger partial charge in [-0.3, -0.25) is 4.79 Å². The van der Waals surface area contributed by atoms with E-state index in [2.05, 4.69) is 0 Å². The number of carboxylic acid groups (broad SMARTS) is 1. The summed E-state index contributed by atoms with van der Waals surface area (Å²) in [5, 5.41) is 10.8. The van der Waals surface area contributed by atoms with Crippen LogP contribution < -0.4 is 5.11 Å². The van der Waals surface area contributed by atoms with Gasteiger partial charge in [-0.2, -0.15) is 0 Å². The molecule has 15 heavy (non-hydrogen) atoms. The first-order valence-electron chi connectivity index (χ1n) is 5.83. The highest BCUT2D eigenvalue weighted by Crippen LogP contribution is 2.59. The molecule has 0 spiro atoms. The highest BCUT2D eigenvalue weighted by atomic mass is 16.4. The van der Waals surface area contributed by atoms with Crippen LogP contribution in [0.4, 0.5) is 0 Å². The molecule has 0 heterocycles. The Balaban J connectivity index is 1.94. The van der Waals surface area contributed by atoms with Crippen molar-refractivity contribution in [2.45, 2.75) is 38.5 Å². The average Bonchev–Trinajstić information content (AvgIpc) is 2.11. The van der Waals surface area contributed by atoms with Crippen LogP contribution in [0.5, 0.6) is 0 Å². The lowest BCUT2D eigenvalue weighted by atomic mass is 9.48. The van der Waals surface area contributed by atoms with Crippen LogP contribution in [-0.4, -0.2) is 11.8 Å². The summed E-state index contributed by atoms with van der Waals surface area (Å²) >= 11 is 0. The molecule has 4 aliphatic rings. The number of carbonyl (C=O) groups is 2. The Labute approximate surface area is 88.9 Å². The Morgan fingerprint density at radius 1 is 1.27 bits per heavy atom. The van der Waals surface area contributed by atoms with Crippen molar-refractivity contribution in [3.8, 4) is 0 Å². The predicted octanol–water partition coefficient (Wildman–Crippen LogP) is 0.522. The summed E-state index contributed by atoms with van der Waals surface area (Å²) in [4.78, 5) is 22.9. The van der Waals surface area contributed by atoms with E-state index in [0.717, 1.165) is 25.7 Å². The highest BCUT2D eigenvalue weighted by molar-refractivity contribution is 5.91. The molecule has 4 rings (SSSR count). The van der Waals surface area contributed by atoms with E-state index in [-0.39, 0.29) is 18.1 Å². The van der Waals surface area contributed by atoms with Crippen molar-refractivity contribution in [1.29, 1.82) is 0 Å². The van der Waals surface area contributed by atoms with Crippen LogP contribution in [0.15, 0.2) is 0 Å².